The van der Waals surface area contributed by atoms with Gasteiger partial charge < -0.3 is 0 Å². The van der Waals surface area contributed by atoms with Crippen LogP contribution in [0.3, 0.4) is 0 Å². The molecule has 0 aromatic carbocycles. The van der Waals surface area contributed by atoms with Crippen LogP contribution in [0.1, 0.15) is 13.8 Å². The third-order valence-electron chi connectivity index (χ3n) is 1.59. The van der Waals surface area contributed by atoms with E-state index < -0.39 is 9.21 Å². The molecule has 0 unspecified atom stereocenters. The summed E-state index contributed by atoms with van der Waals surface area (Å²) in [6.07, 6.45) is 0. The van der Waals surface area contributed by atoms with E-state index in [9.17, 15) is 0 Å². The van der Waals surface area contributed by atoms with Gasteiger partial charge in [-0.3, -0.25) is 4.99 Å². The zero-order valence-electron chi connectivity index (χ0n) is 6.55. The maximum absolute atomic E-state index is 4.23. The van der Waals surface area contributed by atoms with Crippen LogP contribution in [-0.2, 0) is 0 Å². The molecular weight excluding hydrogens is 142 g/mol. The zero-order chi connectivity index (χ0) is 7.78. The Kier molecular flexibility index (Phi) is 1.73. The fourth-order valence-electron chi connectivity index (χ4n) is 0.874. The Morgan fingerprint density at radius 2 is 2.10 bits per heavy atom. The maximum atomic E-state index is 4.23. The van der Waals surface area contributed by atoms with Gasteiger partial charge in [-0.2, -0.15) is 9.21 Å². The van der Waals surface area contributed by atoms with Crippen LogP contribution in [0.15, 0.2) is 16.3 Å². The summed E-state index contributed by atoms with van der Waals surface area (Å²) in [6.45, 7) is 4.13. The lowest BCUT2D eigenvalue weighted by Crippen LogP contribution is -1.98. The minimum atomic E-state index is -1.01. The summed E-state index contributed by atoms with van der Waals surface area (Å²) in [4.78, 5) is 4.23. The molecule has 0 spiro atoms. The monoisotopic (exact) mass is 155 g/mol. The van der Waals surface area contributed by atoms with Crippen LogP contribution in [0.4, 0.5) is 0 Å². The van der Waals surface area contributed by atoms with E-state index in [1.165, 1.54) is 5.57 Å². The standard InChI is InChI=1S/C8H13NS/c1-7-5-10(3,4)6-9-8(7)2/h6H,3-5H2,1-2H3. The van der Waals surface area contributed by atoms with Gasteiger partial charge in [-0.25, -0.2) is 0 Å². The first-order valence-electron chi connectivity index (χ1n) is 3.19. The molecule has 0 bridgehead atoms. The average Bonchev–Trinajstić information content (AvgIpc) is 1.79. The quantitative estimate of drug-likeness (QED) is 0.474. The van der Waals surface area contributed by atoms with E-state index in [2.05, 4.69) is 23.7 Å². The van der Waals surface area contributed by atoms with Crippen LogP contribution in [0.2, 0.25) is 0 Å². The van der Waals surface area contributed by atoms with Crippen molar-refractivity contribution >= 4 is 26.5 Å². The van der Waals surface area contributed by atoms with Crippen molar-refractivity contribution in [1.82, 2.24) is 0 Å². The summed E-state index contributed by atoms with van der Waals surface area (Å²) in [5, 5.41) is 0. The topological polar surface area (TPSA) is 12.4 Å². The van der Waals surface area contributed by atoms with Gasteiger partial charge in [-0.05, 0) is 19.4 Å². The first-order chi connectivity index (χ1) is 4.51. The van der Waals surface area contributed by atoms with E-state index in [-0.39, 0.29) is 0 Å². The highest BCUT2D eigenvalue weighted by molar-refractivity contribution is 8.38. The summed E-state index contributed by atoms with van der Waals surface area (Å²) < 4.78 is 0. The van der Waals surface area contributed by atoms with Crippen molar-refractivity contribution < 1.29 is 0 Å². The van der Waals surface area contributed by atoms with Crippen molar-refractivity contribution in [2.75, 3.05) is 5.75 Å². The van der Waals surface area contributed by atoms with Gasteiger partial charge in [0.15, 0.2) is 0 Å². The fourth-order valence-corrected chi connectivity index (χ4v) is 2.40. The van der Waals surface area contributed by atoms with Gasteiger partial charge in [0, 0.05) is 17.0 Å². The largest absolute Gasteiger partial charge is 0.256 e. The molecule has 0 atom stereocenters. The summed E-state index contributed by atoms with van der Waals surface area (Å²) in [5.74, 6) is 9.02. The van der Waals surface area contributed by atoms with Gasteiger partial charge in [0.2, 0.25) is 0 Å². The minimum Gasteiger partial charge on any atom is -0.256 e. The van der Waals surface area contributed by atoms with Crippen molar-refractivity contribution in [1.29, 1.82) is 0 Å². The molecule has 1 aliphatic heterocycles. The van der Waals surface area contributed by atoms with Crippen molar-refractivity contribution in [3.05, 3.63) is 11.3 Å². The van der Waals surface area contributed by atoms with Crippen LogP contribution in [0.5, 0.6) is 0 Å². The SMILES string of the molecule is C=S1(=C)C=NC(C)=C(C)C1. The number of allylic oxidation sites excluding steroid dienone is 1. The molecule has 0 N–H and O–H groups in total. The lowest BCUT2D eigenvalue weighted by molar-refractivity contribution is 1.20. The smallest absolute Gasteiger partial charge is 0.0493 e. The van der Waals surface area contributed by atoms with Gasteiger partial charge in [0.1, 0.15) is 0 Å². The number of hydrogen-bond donors (Lipinski definition) is 0. The number of nitrogens with zero attached hydrogens (tertiary/aromatic N) is 1. The summed E-state index contributed by atoms with van der Waals surface area (Å²) >= 11 is 0. The van der Waals surface area contributed by atoms with Gasteiger partial charge >= 0.3 is 0 Å². The van der Waals surface area contributed by atoms with Gasteiger partial charge in [-0.1, -0.05) is 11.7 Å². The second-order valence-electron chi connectivity index (χ2n) is 2.86. The van der Waals surface area contributed by atoms with Crippen LogP contribution in [0.25, 0.3) is 0 Å². The van der Waals surface area contributed by atoms with Gasteiger partial charge in [0.05, 0.1) is 0 Å². The number of hydrogen-bond acceptors (Lipinski definition) is 1. The Morgan fingerprint density at radius 1 is 1.50 bits per heavy atom. The molecule has 1 nitrogen and oxygen atoms in total. The molecule has 1 aliphatic rings. The summed E-state index contributed by atoms with van der Waals surface area (Å²) in [6, 6.07) is 0. The molecular formula is C8H13NS. The molecule has 56 valence electrons. The van der Waals surface area contributed by atoms with Gasteiger partial charge in [-0.15, -0.1) is 0 Å². The Balaban J connectivity index is 3.07. The van der Waals surface area contributed by atoms with Crippen LogP contribution < -0.4 is 0 Å². The zero-order valence-corrected chi connectivity index (χ0v) is 7.37. The molecule has 10 heavy (non-hydrogen) atoms. The van der Waals surface area contributed by atoms with E-state index in [1.54, 1.807) is 0 Å². The van der Waals surface area contributed by atoms with Crippen molar-refractivity contribution in [3.8, 4) is 0 Å². The normalized spacial score (nSPS) is 23.4. The molecule has 0 aromatic rings. The molecule has 1 heterocycles. The van der Waals surface area contributed by atoms with Crippen LogP contribution in [0, 0.1) is 0 Å². The molecule has 0 saturated carbocycles. The Hall–Kier alpha value is -0.500. The van der Waals surface area contributed by atoms with E-state index >= 15 is 0 Å². The fraction of sp³-hybridized carbons (Fsp3) is 0.375. The second kappa shape index (κ2) is 2.27. The maximum Gasteiger partial charge on any atom is 0.0493 e. The van der Waals surface area contributed by atoms with E-state index in [1.807, 2.05) is 12.5 Å². The molecule has 0 fully saturated rings. The molecule has 0 radical (unpaired) electrons. The van der Waals surface area contributed by atoms with Gasteiger partial charge in [0.25, 0.3) is 0 Å². The minimum absolute atomic E-state index is 1.01. The molecule has 2 heteroatoms. The third-order valence-corrected chi connectivity index (χ3v) is 3.15. The van der Waals surface area contributed by atoms with E-state index in [4.69, 9.17) is 0 Å². The van der Waals surface area contributed by atoms with Crippen molar-refractivity contribution in [3.63, 3.8) is 0 Å². The van der Waals surface area contributed by atoms with E-state index in [0.717, 1.165) is 11.4 Å². The first kappa shape index (κ1) is 7.61. The highest BCUT2D eigenvalue weighted by Crippen LogP contribution is 2.25. The molecule has 0 amide bonds. The lowest BCUT2D eigenvalue weighted by Gasteiger charge is -2.15. The Morgan fingerprint density at radius 3 is 2.50 bits per heavy atom. The van der Waals surface area contributed by atoms with E-state index in [0.29, 0.717) is 0 Å². The number of aliphatic imine (C=N–C) groups is 1. The second-order valence-corrected chi connectivity index (χ2v) is 5.58. The number of rotatable bonds is 0. The predicted octanol–water partition coefficient (Wildman–Crippen LogP) is 1.99. The summed E-state index contributed by atoms with van der Waals surface area (Å²) in [7, 11) is -1.01. The average molecular weight is 155 g/mol. The molecule has 0 aromatic heterocycles. The Bertz CT molecular complexity index is 291. The predicted molar refractivity (Wildman–Crippen MR) is 53.6 cm³/mol. The molecule has 0 saturated heterocycles. The lowest BCUT2D eigenvalue weighted by atomic mass is 10.3. The highest BCUT2D eigenvalue weighted by atomic mass is 32.2. The van der Waals surface area contributed by atoms with Crippen molar-refractivity contribution in [2.24, 2.45) is 4.99 Å². The molecule has 1 rings (SSSR count). The summed E-state index contributed by atoms with van der Waals surface area (Å²) in [5.41, 5.74) is 4.38. The van der Waals surface area contributed by atoms with Crippen molar-refractivity contribution in [2.45, 2.75) is 13.8 Å². The Labute approximate surface area is 63.0 Å². The molecule has 0 aliphatic carbocycles. The third kappa shape index (κ3) is 1.51. The van der Waals surface area contributed by atoms with Crippen LogP contribution >= 0.6 is 9.21 Å². The highest BCUT2D eigenvalue weighted by Gasteiger charge is 2.04. The van der Waals surface area contributed by atoms with Crippen LogP contribution in [-0.4, -0.2) is 23.0 Å². The first-order valence-corrected chi connectivity index (χ1v) is 5.39.